The number of benzene rings is 2. The highest BCUT2D eigenvalue weighted by molar-refractivity contribution is 6.07. The molecule has 2 aromatic carbocycles. The minimum Gasteiger partial charge on any atom is -0.369 e. The minimum atomic E-state index is -0.322. The van der Waals surface area contributed by atoms with Gasteiger partial charge >= 0.3 is 0 Å². The Morgan fingerprint density at radius 2 is 0.741 bits per heavy atom. The topological polar surface area (TPSA) is 355 Å². The Hall–Kier alpha value is -5.70. The molecule has 0 aliphatic heterocycles. The van der Waals surface area contributed by atoms with Crippen molar-refractivity contribution in [3.05, 3.63) is 58.7 Å². The summed E-state index contributed by atoms with van der Waals surface area (Å²) in [7, 11) is 0. The lowest BCUT2D eigenvalue weighted by Gasteiger charge is -2.14. The predicted octanol–water partition coefficient (Wildman–Crippen LogP) is 4.43. The van der Waals surface area contributed by atoms with Crippen LogP contribution in [0.1, 0.15) is 111 Å². The Balaban J connectivity index is -0.00000756. The molecule has 0 heterocycles. The molecule has 0 saturated carbocycles. The van der Waals surface area contributed by atoms with Crippen LogP contribution in [0.15, 0.2) is 56.8 Å². The van der Waals surface area contributed by atoms with Crippen molar-refractivity contribution in [3.8, 4) is 0 Å². The molecular weight excluding hydrogens is 834 g/mol. The zero-order valence-electron chi connectivity index (χ0n) is 32.7. The number of Topliss-reactive ketones (excluding diaryl/α,β-unsaturated/α-hetero) is 2. The molecule has 0 saturated heterocycles. The monoisotopic (exact) mass is 888 g/mol. The summed E-state index contributed by atoms with van der Waals surface area (Å²) in [5, 5.41) is 53.1. The van der Waals surface area contributed by atoms with Crippen LogP contribution in [0.2, 0.25) is 0 Å². The molecule has 0 aliphatic carbocycles. The first-order valence-electron chi connectivity index (χ1n) is 17.0. The van der Waals surface area contributed by atoms with E-state index >= 15 is 0 Å². The first-order chi connectivity index (χ1) is 25.5. The molecule has 0 bridgehead atoms. The van der Waals surface area contributed by atoms with Gasteiger partial charge in [-0.3, -0.25) is 31.2 Å². The lowest BCUT2D eigenvalue weighted by atomic mass is 10.0. The summed E-state index contributed by atoms with van der Waals surface area (Å²) in [6.45, 7) is 6.36. The SMILES string of the molecule is CC(=O)c1cc(NC(CCCCCCCCC(=NNC(=N)N)Nc2cc(C(C)=NNC(=N)N)cc(C(C)=NNC(=N)N)c2)=NNC(=N)N)cc(C(C)=O)c1.Cl.Cl.Cl.Cl. The number of carbonyl (C=O) groups is 2. The van der Waals surface area contributed by atoms with Gasteiger partial charge in [-0.1, -0.05) is 25.7 Å². The summed E-state index contributed by atoms with van der Waals surface area (Å²) in [4.78, 5) is 24.1. The van der Waals surface area contributed by atoms with E-state index in [2.05, 4.69) is 52.7 Å². The van der Waals surface area contributed by atoms with Gasteiger partial charge in [0.2, 0.25) is 23.8 Å². The number of hydrogen-bond donors (Lipinski definition) is 14. The number of nitrogens with zero attached hydrogens (tertiary/aromatic N) is 4. The smallest absolute Gasteiger partial charge is 0.206 e. The van der Waals surface area contributed by atoms with Gasteiger partial charge in [0.1, 0.15) is 11.7 Å². The van der Waals surface area contributed by atoms with E-state index < -0.39 is 0 Å². The molecule has 0 spiro atoms. The fourth-order valence-corrected chi connectivity index (χ4v) is 4.81. The minimum absolute atomic E-state index is 0. The second-order valence-corrected chi connectivity index (χ2v) is 12.2. The molecule has 2 rings (SSSR count). The summed E-state index contributed by atoms with van der Waals surface area (Å²) in [5.41, 5.74) is 36.0. The highest BCUT2D eigenvalue weighted by Crippen LogP contribution is 2.20. The summed E-state index contributed by atoms with van der Waals surface area (Å²) < 4.78 is 0. The molecule has 18 N–H and O–H groups in total. The van der Waals surface area contributed by atoms with Crippen molar-refractivity contribution in [2.45, 2.75) is 79.1 Å². The van der Waals surface area contributed by atoms with Crippen LogP contribution >= 0.6 is 49.6 Å². The number of anilines is 2. The molecule has 58 heavy (non-hydrogen) atoms. The third-order valence-electron chi connectivity index (χ3n) is 7.48. The summed E-state index contributed by atoms with van der Waals surface area (Å²) in [6, 6.07) is 10.4. The van der Waals surface area contributed by atoms with Crippen LogP contribution in [0.25, 0.3) is 0 Å². The molecule has 322 valence electrons. The molecule has 0 aliphatic rings. The normalized spacial score (nSPS) is 11.2. The van der Waals surface area contributed by atoms with Crippen LogP contribution in [-0.2, 0) is 0 Å². The van der Waals surface area contributed by atoms with E-state index in [1.807, 2.05) is 18.2 Å². The number of hydrogen-bond acceptors (Lipinski definition) is 10. The number of nitrogens with two attached hydrogens (primary N) is 4. The second kappa shape index (κ2) is 29.5. The number of rotatable bonds is 19. The second-order valence-electron chi connectivity index (χ2n) is 12.2. The summed E-state index contributed by atoms with van der Waals surface area (Å²) >= 11 is 0. The Kier molecular flexibility index (Phi) is 28.8. The summed E-state index contributed by atoms with van der Waals surface area (Å²) in [6.07, 6.45) is 6.31. The predicted molar refractivity (Wildman–Crippen MR) is 246 cm³/mol. The molecule has 0 unspecified atom stereocenters. The van der Waals surface area contributed by atoms with Crippen LogP contribution < -0.4 is 55.3 Å². The van der Waals surface area contributed by atoms with E-state index in [4.69, 9.17) is 44.6 Å². The van der Waals surface area contributed by atoms with E-state index in [1.165, 1.54) is 13.8 Å². The van der Waals surface area contributed by atoms with Crippen LogP contribution in [0.3, 0.4) is 0 Å². The van der Waals surface area contributed by atoms with E-state index in [-0.39, 0.29) is 85.0 Å². The quantitative estimate of drug-likeness (QED) is 0.0306. The lowest BCUT2D eigenvalue weighted by molar-refractivity contribution is 0.101. The van der Waals surface area contributed by atoms with Gasteiger partial charge in [0, 0.05) is 46.5 Å². The standard InChI is InChI=1S/C34H52N18O2.4ClH/c1-19(45-49-31(35)36)23-13-24(20(2)46-50-32(37)38)16-27(15-23)43-29(47-51-33(39)40)11-9-7-5-6-8-10-12-30(48-52-34(41)42)44-28-17-25(21(3)53)14-26(18-28)22(4)54;;;;/h13-18H,5-12H2,1-4H3,(H,43,47)(H,44,48)(H4,35,36,49)(H4,37,38,50)(H4,39,40,51)(H4,41,42,52);4*1H. The van der Waals surface area contributed by atoms with E-state index in [0.29, 0.717) is 69.6 Å². The zero-order chi connectivity index (χ0) is 40.2. The number of guanidine groups is 4. The van der Waals surface area contributed by atoms with Crippen molar-refractivity contribution < 1.29 is 9.59 Å². The van der Waals surface area contributed by atoms with Crippen LogP contribution in [0, 0.1) is 21.6 Å². The molecule has 2 aromatic rings. The maximum Gasteiger partial charge on any atom is 0.206 e. The average Bonchev–Trinajstić information content (AvgIpc) is 3.10. The fraction of sp³-hybridized carbons (Fsp3) is 0.353. The van der Waals surface area contributed by atoms with Gasteiger partial charge in [0.25, 0.3) is 0 Å². The van der Waals surface area contributed by atoms with Gasteiger partial charge in [-0.2, -0.15) is 20.4 Å². The number of halogens is 4. The van der Waals surface area contributed by atoms with Crippen LogP contribution in [0.5, 0.6) is 0 Å². The van der Waals surface area contributed by atoms with Crippen molar-refractivity contribution in [2.24, 2.45) is 43.3 Å². The maximum atomic E-state index is 12.0. The highest BCUT2D eigenvalue weighted by atomic mass is 35.5. The molecular formula is C34H56Cl4N18O2. The molecule has 24 heteroatoms. The molecule has 20 nitrogen and oxygen atoms in total. The highest BCUT2D eigenvalue weighted by Gasteiger charge is 2.12. The van der Waals surface area contributed by atoms with Gasteiger partial charge in [0.05, 0.1) is 11.4 Å². The van der Waals surface area contributed by atoms with Crippen molar-refractivity contribution in [2.75, 3.05) is 10.6 Å². The van der Waals surface area contributed by atoms with Gasteiger partial charge in [-0.05, 0) is 76.9 Å². The van der Waals surface area contributed by atoms with Crippen molar-refractivity contribution >= 4 is 120 Å². The largest absolute Gasteiger partial charge is 0.369 e. The molecule has 0 atom stereocenters. The zero-order valence-corrected chi connectivity index (χ0v) is 35.9. The van der Waals surface area contributed by atoms with Crippen molar-refractivity contribution in [3.63, 3.8) is 0 Å². The van der Waals surface area contributed by atoms with Gasteiger partial charge < -0.3 is 33.6 Å². The van der Waals surface area contributed by atoms with Crippen LogP contribution in [-0.4, -0.2) is 58.5 Å². The molecule has 0 fully saturated rings. The Morgan fingerprint density at radius 1 is 0.466 bits per heavy atom. The van der Waals surface area contributed by atoms with Crippen molar-refractivity contribution in [1.82, 2.24) is 21.7 Å². The van der Waals surface area contributed by atoms with Gasteiger partial charge in [-0.25, -0.2) is 21.7 Å². The first kappa shape index (κ1) is 56.6. The number of nitrogens with one attached hydrogen (secondary N) is 10. The average molecular weight is 891 g/mol. The number of ketones is 2. The third-order valence-corrected chi connectivity index (χ3v) is 7.48. The maximum absolute atomic E-state index is 12.0. The Labute approximate surface area is 362 Å². The van der Waals surface area contributed by atoms with E-state index in [9.17, 15) is 9.59 Å². The van der Waals surface area contributed by atoms with Gasteiger partial charge in [0.15, 0.2) is 11.6 Å². The number of amidine groups is 2. The van der Waals surface area contributed by atoms with E-state index in [1.54, 1.807) is 32.0 Å². The Morgan fingerprint density at radius 3 is 1.05 bits per heavy atom. The van der Waals surface area contributed by atoms with Crippen LogP contribution in [0.4, 0.5) is 11.4 Å². The lowest BCUT2D eigenvalue weighted by Crippen LogP contribution is -2.28. The molecule has 0 radical (unpaired) electrons. The van der Waals surface area contributed by atoms with Crippen molar-refractivity contribution in [1.29, 1.82) is 21.6 Å². The molecule has 0 amide bonds. The molecule has 0 aromatic heterocycles. The first-order valence-corrected chi connectivity index (χ1v) is 17.0. The third kappa shape index (κ3) is 22.8. The summed E-state index contributed by atoms with van der Waals surface area (Å²) in [5.74, 6) is -0.567. The fourth-order valence-electron chi connectivity index (χ4n) is 4.81. The number of hydrazone groups is 4. The van der Waals surface area contributed by atoms with Gasteiger partial charge in [-0.15, -0.1) is 49.6 Å². The number of carbonyl (C=O) groups excluding carboxylic acids is 2. The van der Waals surface area contributed by atoms with E-state index in [0.717, 1.165) is 38.5 Å². The number of unbranched alkanes of at least 4 members (excludes halogenated alkanes) is 5. The Bertz CT molecular complexity index is 1770.